The topological polar surface area (TPSA) is 20.2 Å². The zero-order valence-corrected chi connectivity index (χ0v) is 16.4. The van der Waals surface area contributed by atoms with Crippen molar-refractivity contribution in [1.29, 1.82) is 0 Å². The van der Waals surface area contributed by atoms with Gasteiger partial charge >= 0.3 is 0 Å². The fourth-order valence-electron chi connectivity index (χ4n) is 3.78. The van der Waals surface area contributed by atoms with E-state index in [2.05, 4.69) is 0 Å². The summed E-state index contributed by atoms with van der Waals surface area (Å²) in [7, 11) is 0. The largest absolute Gasteiger partial charge is 0.383 e. The van der Waals surface area contributed by atoms with Crippen LogP contribution in [0.1, 0.15) is 102 Å². The lowest BCUT2D eigenvalue weighted by Gasteiger charge is -2.16. The van der Waals surface area contributed by atoms with Gasteiger partial charge in [0.15, 0.2) is 0 Å². The quantitative estimate of drug-likeness (QED) is 0.571. The van der Waals surface area contributed by atoms with Crippen LogP contribution in [-0.2, 0) is 0 Å². The van der Waals surface area contributed by atoms with Gasteiger partial charge in [0.2, 0.25) is 0 Å². The molecule has 2 heteroatoms. The van der Waals surface area contributed by atoms with Crippen LogP contribution in [0.4, 0.5) is 0 Å². The second-order valence-corrected chi connectivity index (χ2v) is 7.91. The van der Waals surface area contributed by atoms with Crippen LogP contribution in [0.5, 0.6) is 0 Å². The standard InChI is InChI=1S/C23H35ClO/c24-22(23(25)21-18-14-11-15-19-21)20-16-12-9-7-5-3-1-2-4-6-8-10-13-17-20/h11,14-15,18-19,23,25H,1-10,12-13,16-17H2. The molecule has 0 bridgehead atoms. The lowest BCUT2D eigenvalue weighted by atomic mass is 9.96. The number of aliphatic hydroxyl groups is 1. The molecule has 1 aliphatic carbocycles. The van der Waals surface area contributed by atoms with E-state index in [0.29, 0.717) is 5.03 Å². The highest BCUT2D eigenvalue weighted by molar-refractivity contribution is 6.30. The molecule has 1 fully saturated rings. The molecule has 1 nitrogen and oxygen atoms in total. The van der Waals surface area contributed by atoms with Crippen LogP contribution in [0.3, 0.4) is 0 Å². The zero-order valence-electron chi connectivity index (χ0n) is 15.7. The second kappa shape index (κ2) is 12.5. The van der Waals surface area contributed by atoms with Gasteiger partial charge in [0, 0.05) is 0 Å². The van der Waals surface area contributed by atoms with E-state index in [1.54, 1.807) is 0 Å². The third-order valence-electron chi connectivity index (χ3n) is 5.40. The average Bonchev–Trinajstić information content (AvgIpc) is 2.66. The van der Waals surface area contributed by atoms with Crippen molar-refractivity contribution in [2.75, 3.05) is 0 Å². The van der Waals surface area contributed by atoms with Crippen LogP contribution in [0.15, 0.2) is 40.9 Å². The van der Waals surface area contributed by atoms with E-state index in [9.17, 15) is 5.11 Å². The highest BCUT2D eigenvalue weighted by atomic mass is 35.5. The molecule has 1 aliphatic rings. The van der Waals surface area contributed by atoms with E-state index >= 15 is 0 Å². The minimum absolute atomic E-state index is 0.667. The predicted octanol–water partition coefficient (Wildman–Crippen LogP) is 7.69. The first-order valence-corrected chi connectivity index (χ1v) is 10.8. The molecule has 1 N–H and O–H groups in total. The second-order valence-electron chi connectivity index (χ2n) is 7.51. The molecule has 1 atom stereocenters. The van der Waals surface area contributed by atoms with Crippen molar-refractivity contribution < 1.29 is 5.11 Å². The third kappa shape index (κ3) is 7.96. The number of benzene rings is 1. The van der Waals surface area contributed by atoms with Crippen molar-refractivity contribution in [2.45, 2.75) is 96.0 Å². The molecule has 0 radical (unpaired) electrons. The van der Waals surface area contributed by atoms with Gasteiger partial charge in [0.1, 0.15) is 6.10 Å². The lowest BCUT2D eigenvalue weighted by molar-refractivity contribution is 0.222. The summed E-state index contributed by atoms with van der Waals surface area (Å²) in [5.74, 6) is 0. The monoisotopic (exact) mass is 362 g/mol. The van der Waals surface area contributed by atoms with E-state index in [1.807, 2.05) is 30.3 Å². The molecule has 1 unspecified atom stereocenters. The van der Waals surface area contributed by atoms with Gasteiger partial charge in [-0.3, -0.25) is 0 Å². The molecule has 0 spiro atoms. The molecule has 1 saturated carbocycles. The fraction of sp³-hybridized carbons (Fsp3) is 0.652. The molecule has 25 heavy (non-hydrogen) atoms. The average molecular weight is 363 g/mol. The summed E-state index contributed by atoms with van der Waals surface area (Å²) < 4.78 is 0. The molecule has 0 heterocycles. The van der Waals surface area contributed by atoms with Crippen molar-refractivity contribution >= 4 is 11.6 Å². The summed E-state index contributed by atoms with van der Waals surface area (Å²) in [4.78, 5) is 0. The van der Waals surface area contributed by atoms with Crippen molar-refractivity contribution in [1.82, 2.24) is 0 Å². The maximum atomic E-state index is 10.7. The Balaban J connectivity index is 1.99. The van der Waals surface area contributed by atoms with E-state index in [-0.39, 0.29) is 0 Å². The van der Waals surface area contributed by atoms with Crippen LogP contribution in [0.2, 0.25) is 0 Å². The number of hydrogen-bond donors (Lipinski definition) is 1. The van der Waals surface area contributed by atoms with Crippen LogP contribution in [-0.4, -0.2) is 5.11 Å². The normalized spacial score (nSPS) is 20.3. The summed E-state index contributed by atoms with van der Waals surface area (Å²) in [6, 6.07) is 9.81. The summed E-state index contributed by atoms with van der Waals surface area (Å²) >= 11 is 6.65. The molecule has 0 saturated heterocycles. The van der Waals surface area contributed by atoms with Gasteiger partial charge in [-0.1, -0.05) is 112 Å². The number of allylic oxidation sites excluding steroid dienone is 1. The van der Waals surface area contributed by atoms with Gasteiger partial charge in [-0.05, 0) is 31.2 Å². The maximum Gasteiger partial charge on any atom is 0.114 e. The highest BCUT2D eigenvalue weighted by Gasteiger charge is 2.16. The molecule has 0 aliphatic heterocycles. The Morgan fingerprint density at radius 3 is 1.52 bits per heavy atom. The first kappa shape index (κ1) is 20.5. The van der Waals surface area contributed by atoms with Gasteiger partial charge in [-0.2, -0.15) is 0 Å². The Hall–Kier alpha value is -0.790. The molecular formula is C23H35ClO. The molecule has 1 aromatic rings. The van der Waals surface area contributed by atoms with Crippen LogP contribution in [0, 0.1) is 0 Å². The van der Waals surface area contributed by atoms with Crippen molar-refractivity contribution in [3.8, 4) is 0 Å². The van der Waals surface area contributed by atoms with Gasteiger partial charge in [-0.15, -0.1) is 0 Å². The molecule has 1 aromatic carbocycles. The van der Waals surface area contributed by atoms with Gasteiger partial charge < -0.3 is 5.11 Å². The number of aliphatic hydroxyl groups excluding tert-OH is 1. The number of hydrogen-bond acceptors (Lipinski definition) is 1. The summed E-state index contributed by atoms with van der Waals surface area (Å²) in [6.45, 7) is 0. The Labute approximate surface area is 159 Å². The van der Waals surface area contributed by atoms with Crippen LogP contribution in [0.25, 0.3) is 0 Å². The Morgan fingerprint density at radius 1 is 0.680 bits per heavy atom. The van der Waals surface area contributed by atoms with Gasteiger partial charge in [-0.25, -0.2) is 0 Å². The molecular weight excluding hydrogens is 328 g/mol. The maximum absolute atomic E-state index is 10.7. The third-order valence-corrected chi connectivity index (χ3v) is 5.87. The predicted molar refractivity (Wildman–Crippen MR) is 109 cm³/mol. The molecule has 2 rings (SSSR count). The Morgan fingerprint density at radius 2 is 1.08 bits per heavy atom. The molecule has 140 valence electrons. The minimum atomic E-state index is -0.667. The SMILES string of the molecule is OC(C(Cl)=C1CCCCCCCCCCCCCC1)c1ccccc1. The first-order valence-electron chi connectivity index (χ1n) is 10.4. The van der Waals surface area contributed by atoms with Crippen molar-refractivity contribution in [3.05, 3.63) is 46.5 Å². The van der Waals surface area contributed by atoms with E-state index in [4.69, 9.17) is 11.6 Å². The van der Waals surface area contributed by atoms with Crippen LogP contribution >= 0.6 is 11.6 Å². The van der Waals surface area contributed by atoms with Gasteiger partial charge in [0.25, 0.3) is 0 Å². The number of halogens is 1. The Kier molecular flexibility index (Phi) is 10.3. The summed E-state index contributed by atoms with van der Waals surface area (Å²) in [5, 5.41) is 11.3. The Bertz CT molecular complexity index is 476. The molecule has 0 aromatic heterocycles. The summed E-state index contributed by atoms with van der Waals surface area (Å²) in [5.41, 5.74) is 2.18. The number of rotatable bonds is 2. The fourth-order valence-corrected chi connectivity index (χ4v) is 4.10. The van der Waals surface area contributed by atoms with E-state index in [1.165, 1.54) is 82.6 Å². The van der Waals surface area contributed by atoms with E-state index < -0.39 is 6.10 Å². The highest BCUT2D eigenvalue weighted by Crippen LogP contribution is 2.32. The van der Waals surface area contributed by atoms with Crippen LogP contribution < -0.4 is 0 Å². The lowest BCUT2D eigenvalue weighted by Crippen LogP contribution is -2.01. The summed E-state index contributed by atoms with van der Waals surface area (Å²) in [6.07, 6.45) is 17.5. The van der Waals surface area contributed by atoms with E-state index in [0.717, 1.165) is 18.4 Å². The van der Waals surface area contributed by atoms with Crippen molar-refractivity contribution in [2.24, 2.45) is 0 Å². The zero-order chi connectivity index (χ0) is 17.7. The van der Waals surface area contributed by atoms with Crippen molar-refractivity contribution in [3.63, 3.8) is 0 Å². The molecule has 0 amide bonds. The smallest absolute Gasteiger partial charge is 0.114 e. The van der Waals surface area contributed by atoms with Gasteiger partial charge in [0.05, 0.1) is 5.03 Å². The minimum Gasteiger partial charge on any atom is -0.383 e. The first-order chi connectivity index (χ1) is 12.3.